The van der Waals surface area contributed by atoms with Crippen LogP contribution in [-0.4, -0.2) is 114 Å². The van der Waals surface area contributed by atoms with Crippen LogP contribution in [0.25, 0.3) is 0 Å². The summed E-state index contributed by atoms with van der Waals surface area (Å²) in [6.45, 7) is 13.4. The number of carbonyl (C=O) groups is 5. The van der Waals surface area contributed by atoms with Crippen LogP contribution in [0.1, 0.15) is 80.2 Å². The number of likely N-dealkylation sites (N-methyl/N-ethyl adjacent to an activating group) is 1. The second-order valence-electron chi connectivity index (χ2n) is 15.7. The van der Waals surface area contributed by atoms with Crippen molar-refractivity contribution in [3.63, 3.8) is 0 Å². The molecule has 0 saturated carbocycles. The van der Waals surface area contributed by atoms with E-state index in [4.69, 9.17) is 23.7 Å². The number of cyclic esters (lactones) is 1. The molecule has 1 aromatic carbocycles. The fraction of sp³-hybridized carbons (Fsp3) is 0.718. The maximum Gasteiger partial charge on any atom is 0.408 e. The molecule has 3 N–H and O–H groups in total. The van der Waals surface area contributed by atoms with Crippen molar-refractivity contribution in [1.29, 1.82) is 0 Å². The lowest BCUT2D eigenvalue weighted by molar-refractivity contribution is -0.292. The molecule has 14 heteroatoms. The van der Waals surface area contributed by atoms with Crippen molar-refractivity contribution in [2.45, 2.75) is 135 Å². The second-order valence-corrected chi connectivity index (χ2v) is 15.7. The summed E-state index contributed by atoms with van der Waals surface area (Å²) in [6, 6.07) is 8.33. The molecule has 0 aromatic heterocycles. The summed E-state index contributed by atoms with van der Waals surface area (Å²) in [7, 11) is 3.66. The summed E-state index contributed by atoms with van der Waals surface area (Å²) in [5, 5.41) is 17.0. The van der Waals surface area contributed by atoms with Crippen LogP contribution in [0.15, 0.2) is 30.3 Å². The fourth-order valence-corrected chi connectivity index (χ4v) is 8.29. The number of nitrogens with zero attached hydrogens (tertiary/aromatic N) is 1. The van der Waals surface area contributed by atoms with Crippen LogP contribution in [0.4, 0.5) is 9.59 Å². The Labute approximate surface area is 312 Å². The third-order valence-corrected chi connectivity index (χ3v) is 11.3. The van der Waals surface area contributed by atoms with Crippen molar-refractivity contribution in [3.8, 4) is 0 Å². The predicted octanol–water partition coefficient (Wildman–Crippen LogP) is 3.80. The van der Waals surface area contributed by atoms with Gasteiger partial charge in [-0.15, -0.1) is 0 Å². The van der Waals surface area contributed by atoms with Crippen LogP contribution in [0.2, 0.25) is 0 Å². The Kier molecular flexibility index (Phi) is 13.7. The minimum absolute atomic E-state index is 0.117. The SMILES string of the molecule is CC[C@H]1OC(=O)C(C)C(=O)[C@H](C)[C@@H](O[C@@H]2O[C@H](C)C[C@H](N(C)C)[C@H]2O)[C@](C)(OC(=O)NCCc2ccccc2)C[C@@H](C)C(=O)[C@H](C)[C@H]2NC(=O)O[C@@]21C. The number of fused-ring (bicyclic) bond motifs is 1. The monoisotopic (exact) mass is 745 g/mol. The van der Waals surface area contributed by atoms with Gasteiger partial charge in [-0.25, -0.2) is 9.59 Å². The number of aliphatic hydroxyl groups excluding tert-OH is 1. The number of ether oxygens (including phenoxy) is 5. The first-order valence-corrected chi connectivity index (χ1v) is 18.8. The average molecular weight is 746 g/mol. The molecule has 0 radical (unpaired) electrons. The number of carbonyl (C=O) groups excluding carboxylic acids is 5. The van der Waals surface area contributed by atoms with Gasteiger partial charge in [0.15, 0.2) is 17.7 Å². The van der Waals surface area contributed by atoms with Crippen molar-refractivity contribution >= 4 is 29.7 Å². The van der Waals surface area contributed by atoms with Gasteiger partial charge in [-0.3, -0.25) is 14.4 Å². The highest BCUT2D eigenvalue weighted by molar-refractivity contribution is 6.00. The summed E-state index contributed by atoms with van der Waals surface area (Å²) in [4.78, 5) is 70.6. The Bertz CT molecular complexity index is 1480. The molecule has 3 saturated heterocycles. The molecule has 3 heterocycles. The molecule has 1 unspecified atom stereocenters. The molecule has 0 aliphatic carbocycles. The van der Waals surface area contributed by atoms with Gasteiger partial charge < -0.3 is 44.3 Å². The summed E-state index contributed by atoms with van der Waals surface area (Å²) in [6.07, 6.45) is -5.46. The van der Waals surface area contributed by atoms with Gasteiger partial charge in [0.05, 0.1) is 12.1 Å². The number of ketones is 2. The first-order valence-electron chi connectivity index (χ1n) is 18.8. The zero-order valence-corrected chi connectivity index (χ0v) is 32.8. The van der Waals surface area contributed by atoms with E-state index in [2.05, 4.69) is 10.6 Å². The van der Waals surface area contributed by atoms with Crippen molar-refractivity contribution in [2.75, 3.05) is 20.6 Å². The molecule has 296 valence electrons. The standard InChI is InChI=1S/C39H59N3O11/c1-11-28-39(8)32(41-37(48)53-39)23(4)29(43)21(2)20-38(7,52-36(47)40-18-17-26-15-13-12-14-16-26)33(24(5)30(44)25(6)34(46)50-28)51-35-31(45)27(42(9)10)19-22(3)49-35/h12-16,21-25,27-28,31-33,35,45H,11,17-20H2,1-10H3,(H,40,47)(H,41,48)/t21-,22-,23+,24+,25?,27+,28-,31-,32-,33-,35+,38-,39-/m1/s1. The molecule has 4 rings (SSSR count). The topological polar surface area (TPSA) is 179 Å². The number of Topliss-reactive ketones (excluding diaryl/α,β-unsaturated/α-hetero) is 2. The Morgan fingerprint density at radius 3 is 2.30 bits per heavy atom. The van der Waals surface area contributed by atoms with Gasteiger partial charge >= 0.3 is 18.2 Å². The highest BCUT2D eigenvalue weighted by Gasteiger charge is 2.57. The van der Waals surface area contributed by atoms with Crippen molar-refractivity contribution in [1.82, 2.24) is 15.5 Å². The Morgan fingerprint density at radius 1 is 1.02 bits per heavy atom. The average Bonchev–Trinajstić information content (AvgIpc) is 3.42. The maximum absolute atomic E-state index is 14.3. The third kappa shape index (κ3) is 9.38. The highest BCUT2D eigenvalue weighted by atomic mass is 16.7. The van der Waals surface area contributed by atoms with Gasteiger partial charge in [0, 0.05) is 30.3 Å². The number of aliphatic hydroxyl groups is 1. The van der Waals surface area contributed by atoms with Crippen LogP contribution < -0.4 is 10.6 Å². The zero-order chi connectivity index (χ0) is 39.4. The van der Waals surface area contributed by atoms with E-state index in [1.165, 1.54) is 6.92 Å². The number of hydrogen-bond acceptors (Lipinski definition) is 12. The molecule has 1 aromatic rings. The second kappa shape index (κ2) is 17.3. The van der Waals surface area contributed by atoms with E-state index in [1.54, 1.807) is 41.5 Å². The van der Waals surface area contributed by atoms with E-state index in [-0.39, 0.29) is 37.3 Å². The summed E-state index contributed by atoms with van der Waals surface area (Å²) in [5.74, 6) is -5.81. The van der Waals surface area contributed by atoms with Gasteiger partial charge in [0.25, 0.3) is 0 Å². The number of esters is 1. The van der Waals surface area contributed by atoms with Crippen LogP contribution in [0, 0.1) is 23.7 Å². The zero-order valence-electron chi connectivity index (χ0n) is 32.8. The first-order chi connectivity index (χ1) is 24.8. The molecule has 2 amide bonds. The molecule has 0 bridgehead atoms. The van der Waals surface area contributed by atoms with Crippen molar-refractivity contribution in [2.24, 2.45) is 23.7 Å². The van der Waals surface area contributed by atoms with Gasteiger partial charge in [0.1, 0.15) is 35.6 Å². The van der Waals surface area contributed by atoms with Gasteiger partial charge in [-0.05, 0) is 73.0 Å². The van der Waals surface area contributed by atoms with E-state index < -0.39 is 89.5 Å². The Balaban J connectivity index is 1.78. The minimum atomic E-state index is -1.70. The number of nitrogens with one attached hydrogen (secondary N) is 2. The third-order valence-electron chi connectivity index (χ3n) is 11.3. The molecular formula is C39H59N3O11. The Morgan fingerprint density at radius 2 is 1.68 bits per heavy atom. The van der Waals surface area contributed by atoms with E-state index in [9.17, 15) is 29.1 Å². The quantitative estimate of drug-likeness (QED) is 0.200. The molecule has 3 aliphatic rings. The highest BCUT2D eigenvalue weighted by Crippen LogP contribution is 2.40. The lowest BCUT2D eigenvalue weighted by atomic mass is 9.73. The van der Waals surface area contributed by atoms with E-state index in [1.807, 2.05) is 56.3 Å². The number of amides is 2. The van der Waals surface area contributed by atoms with Crippen molar-refractivity contribution in [3.05, 3.63) is 35.9 Å². The predicted molar refractivity (Wildman–Crippen MR) is 194 cm³/mol. The molecule has 14 nitrogen and oxygen atoms in total. The van der Waals surface area contributed by atoms with Crippen LogP contribution in [-0.2, 0) is 44.5 Å². The minimum Gasteiger partial charge on any atom is -0.458 e. The van der Waals surface area contributed by atoms with Crippen LogP contribution >= 0.6 is 0 Å². The lowest BCUT2D eigenvalue weighted by Crippen LogP contribution is -2.60. The normalized spacial score (nSPS) is 38.6. The van der Waals surface area contributed by atoms with E-state index in [0.29, 0.717) is 12.8 Å². The summed E-state index contributed by atoms with van der Waals surface area (Å²) in [5.41, 5.74) is -2.12. The molecule has 3 fully saturated rings. The smallest absolute Gasteiger partial charge is 0.408 e. The Hall–Kier alpha value is -3.59. The van der Waals surface area contributed by atoms with Gasteiger partial charge in [-0.1, -0.05) is 58.0 Å². The number of hydrogen-bond donors (Lipinski definition) is 3. The number of benzene rings is 1. The van der Waals surface area contributed by atoms with Crippen molar-refractivity contribution < 1.29 is 52.8 Å². The van der Waals surface area contributed by atoms with Crippen LogP contribution in [0.3, 0.4) is 0 Å². The molecule has 13 atom stereocenters. The van der Waals surface area contributed by atoms with E-state index >= 15 is 0 Å². The molecule has 0 spiro atoms. The van der Waals surface area contributed by atoms with E-state index in [0.717, 1.165) is 5.56 Å². The summed E-state index contributed by atoms with van der Waals surface area (Å²) >= 11 is 0. The molecule has 53 heavy (non-hydrogen) atoms. The number of alkyl carbamates (subject to hydrolysis) is 2. The first kappa shape index (κ1) is 42.2. The summed E-state index contributed by atoms with van der Waals surface area (Å²) < 4.78 is 30.6. The molecular weight excluding hydrogens is 686 g/mol. The lowest BCUT2D eigenvalue weighted by Gasteiger charge is -2.47. The fourth-order valence-electron chi connectivity index (χ4n) is 8.29. The largest absolute Gasteiger partial charge is 0.458 e. The van der Waals surface area contributed by atoms with Gasteiger partial charge in [-0.2, -0.15) is 0 Å². The maximum atomic E-state index is 14.3. The molecule has 3 aliphatic heterocycles. The number of rotatable bonds is 8. The van der Waals surface area contributed by atoms with Gasteiger partial charge in [0.2, 0.25) is 0 Å². The van der Waals surface area contributed by atoms with Crippen LogP contribution in [0.5, 0.6) is 0 Å².